The molecule has 5 heteroatoms. The summed E-state index contributed by atoms with van der Waals surface area (Å²) in [4.78, 5) is 21.8. The Balaban J connectivity index is 3.98. The van der Waals surface area contributed by atoms with E-state index in [0.29, 0.717) is 13.2 Å². The fraction of sp³-hybridized carbons (Fsp3) is 0.875. The first-order chi connectivity index (χ1) is 9.58. The molecule has 1 N–H and O–H groups in total. The zero-order chi connectivity index (χ0) is 16.5. The molecule has 0 aliphatic carbocycles. The summed E-state index contributed by atoms with van der Waals surface area (Å²) in [7, 11) is 0. The van der Waals surface area contributed by atoms with Crippen molar-refractivity contribution in [3.8, 4) is 0 Å². The molecule has 5 nitrogen and oxygen atoms in total. The van der Waals surface area contributed by atoms with E-state index in [1.807, 2.05) is 13.8 Å². The molecule has 0 saturated carbocycles. The maximum atomic E-state index is 11.4. The Bertz CT molecular complexity index is 334. The summed E-state index contributed by atoms with van der Waals surface area (Å²) in [6.45, 7) is 11.9. The lowest BCUT2D eigenvalue weighted by molar-refractivity contribution is -0.151. The van der Waals surface area contributed by atoms with E-state index < -0.39 is 11.9 Å². The number of carboxylic acid groups (broad SMARTS) is 1. The lowest BCUT2D eigenvalue weighted by atomic mass is 9.89. The summed E-state index contributed by atoms with van der Waals surface area (Å²) < 4.78 is 10.9. The van der Waals surface area contributed by atoms with E-state index in [1.165, 1.54) is 0 Å². The SMILES string of the molecule is CCCC(C)(C)COCC(C)(C)COC(=O)CCC(=O)O. The van der Waals surface area contributed by atoms with Crippen LogP contribution in [0.5, 0.6) is 0 Å². The van der Waals surface area contributed by atoms with Crippen LogP contribution in [-0.2, 0) is 19.1 Å². The Kier molecular flexibility index (Phi) is 8.55. The first-order valence-electron chi connectivity index (χ1n) is 7.53. The van der Waals surface area contributed by atoms with Gasteiger partial charge in [0.25, 0.3) is 0 Å². The number of aliphatic carboxylic acids is 1. The molecule has 0 aromatic carbocycles. The van der Waals surface area contributed by atoms with Gasteiger partial charge in [-0.2, -0.15) is 0 Å². The quantitative estimate of drug-likeness (QED) is 0.593. The molecule has 0 heterocycles. The smallest absolute Gasteiger partial charge is 0.306 e. The van der Waals surface area contributed by atoms with Crippen molar-refractivity contribution in [2.24, 2.45) is 10.8 Å². The van der Waals surface area contributed by atoms with Crippen molar-refractivity contribution in [2.75, 3.05) is 19.8 Å². The number of ether oxygens (including phenoxy) is 2. The van der Waals surface area contributed by atoms with Gasteiger partial charge in [-0.25, -0.2) is 0 Å². The topological polar surface area (TPSA) is 72.8 Å². The second kappa shape index (κ2) is 9.03. The van der Waals surface area contributed by atoms with Crippen molar-refractivity contribution in [1.29, 1.82) is 0 Å². The number of carboxylic acids is 1. The molecule has 0 spiro atoms. The third-order valence-electron chi connectivity index (χ3n) is 3.08. The number of carbonyl (C=O) groups excluding carboxylic acids is 1. The van der Waals surface area contributed by atoms with Crippen LogP contribution >= 0.6 is 0 Å². The molecule has 0 unspecified atom stereocenters. The third kappa shape index (κ3) is 11.3. The summed E-state index contributed by atoms with van der Waals surface area (Å²) in [6, 6.07) is 0. The maximum Gasteiger partial charge on any atom is 0.306 e. The number of rotatable bonds is 11. The highest BCUT2D eigenvalue weighted by atomic mass is 16.5. The molecule has 0 aliphatic rings. The highest BCUT2D eigenvalue weighted by Crippen LogP contribution is 2.24. The average Bonchev–Trinajstić information content (AvgIpc) is 2.33. The molecule has 0 aliphatic heterocycles. The molecule has 0 saturated heterocycles. The molecule has 0 fully saturated rings. The van der Waals surface area contributed by atoms with Gasteiger partial charge < -0.3 is 14.6 Å². The molecule has 0 bridgehead atoms. The lowest BCUT2D eigenvalue weighted by Crippen LogP contribution is -2.30. The second-order valence-corrected chi connectivity index (χ2v) is 7.13. The van der Waals surface area contributed by atoms with Gasteiger partial charge >= 0.3 is 11.9 Å². The lowest BCUT2D eigenvalue weighted by Gasteiger charge is -2.28. The van der Waals surface area contributed by atoms with E-state index in [-0.39, 0.29) is 30.3 Å². The van der Waals surface area contributed by atoms with Crippen molar-refractivity contribution in [3.05, 3.63) is 0 Å². The van der Waals surface area contributed by atoms with Gasteiger partial charge in [0.1, 0.15) is 0 Å². The monoisotopic (exact) mass is 302 g/mol. The molecule has 21 heavy (non-hydrogen) atoms. The number of esters is 1. The predicted octanol–water partition coefficient (Wildman–Crippen LogP) is 3.26. The second-order valence-electron chi connectivity index (χ2n) is 7.13. The van der Waals surface area contributed by atoms with E-state index in [9.17, 15) is 9.59 Å². The van der Waals surface area contributed by atoms with E-state index in [1.54, 1.807) is 0 Å². The average molecular weight is 302 g/mol. The summed E-state index contributed by atoms with van der Waals surface area (Å²) >= 11 is 0. The summed E-state index contributed by atoms with van der Waals surface area (Å²) in [6.07, 6.45) is 1.95. The number of hydrogen-bond donors (Lipinski definition) is 1. The molecular weight excluding hydrogens is 272 g/mol. The summed E-state index contributed by atoms with van der Waals surface area (Å²) in [5.74, 6) is -1.47. The van der Waals surface area contributed by atoms with Gasteiger partial charge in [-0.05, 0) is 11.8 Å². The minimum absolute atomic E-state index is 0.0875. The maximum absolute atomic E-state index is 11.4. The molecule has 0 rings (SSSR count). The van der Waals surface area contributed by atoms with E-state index in [2.05, 4.69) is 20.8 Å². The van der Waals surface area contributed by atoms with Gasteiger partial charge in [0, 0.05) is 5.41 Å². The fourth-order valence-corrected chi connectivity index (χ4v) is 1.95. The Labute approximate surface area is 128 Å². The van der Waals surface area contributed by atoms with E-state index in [4.69, 9.17) is 14.6 Å². The van der Waals surface area contributed by atoms with E-state index in [0.717, 1.165) is 12.8 Å². The van der Waals surface area contributed by atoms with Gasteiger partial charge in [0.2, 0.25) is 0 Å². The zero-order valence-corrected chi connectivity index (χ0v) is 14.0. The number of hydrogen-bond acceptors (Lipinski definition) is 4. The zero-order valence-electron chi connectivity index (χ0n) is 14.0. The van der Waals surface area contributed by atoms with Crippen LogP contribution in [0, 0.1) is 10.8 Å². The molecule has 0 amide bonds. The Morgan fingerprint density at radius 3 is 2.05 bits per heavy atom. The van der Waals surface area contributed by atoms with Crippen LogP contribution in [0.1, 0.15) is 60.3 Å². The van der Waals surface area contributed by atoms with Gasteiger partial charge in [-0.3, -0.25) is 9.59 Å². The molecule has 0 aromatic heterocycles. The minimum atomic E-state index is -0.993. The third-order valence-corrected chi connectivity index (χ3v) is 3.08. The fourth-order valence-electron chi connectivity index (χ4n) is 1.95. The molecule has 0 atom stereocenters. The minimum Gasteiger partial charge on any atom is -0.481 e. The van der Waals surface area contributed by atoms with Crippen LogP contribution in [0.2, 0.25) is 0 Å². The van der Waals surface area contributed by atoms with Gasteiger partial charge in [0.15, 0.2) is 0 Å². The van der Waals surface area contributed by atoms with Crippen LogP contribution in [0.3, 0.4) is 0 Å². The molecule has 0 radical (unpaired) electrons. The van der Waals surface area contributed by atoms with Crippen LogP contribution < -0.4 is 0 Å². The van der Waals surface area contributed by atoms with Crippen LogP contribution in [0.25, 0.3) is 0 Å². The standard InChI is InChI=1S/C16H30O5/c1-6-9-15(2,3)10-20-11-16(4,5)12-21-14(19)8-7-13(17)18/h6-12H2,1-5H3,(H,17,18). The van der Waals surface area contributed by atoms with Crippen LogP contribution in [0.15, 0.2) is 0 Å². The number of carbonyl (C=O) groups is 2. The van der Waals surface area contributed by atoms with Crippen molar-refractivity contribution in [2.45, 2.75) is 60.3 Å². The summed E-state index contributed by atoms with van der Waals surface area (Å²) in [5.41, 5.74) is -0.121. The van der Waals surface area contributed by atoms with Crippen LogP contribution in [-0.4, -0.2) is 36.9 Å². The van der Waals surface area contributed by atoms with Crippen molar-refractivity contribution in [3.63, 3.8) is 0 Å². The first-order valence-corrected chi connectivity index (χ1v) is 7.53. The predicted molar refractivity (Wildman–Crippen MR) is 81.1 cm³/mol. The highest BCUT2D eigenvalue weighted by Gasteiger charge is 2.23. The molecular formula is C16H30O5. The van der Waals surface area contributed by atoms with Crippen molar-refractivity contribution < 1.29 is 24.2 Å². The Morgan fingerprint density at radius 1 is 0.952 bits per heavy atom. The summed E-state index contributed by atoms with van der Waals surface area (Å²) in [5, 5.41) is 8.50. The van der Waals surface area contributed by atoms with Gasteiger partial charge in [0.05, 0.1) is 32.7 Å². The Hall–Kier alpha value is -1.10. The highest BCUT2D eigenvalue weighted by molar-refractivity contribution is 5.76. The Morgan fingerprint density at radius 2 is 1.52 bits per heavy atom. The van der Waals surface area contributed by atoms with Crippen molar-refractivity contribution in [1.82, 2.24) is 0 Å². The normalized spacial score (nSPS) is 12.2. The molecule has 0 aromatic rings. The van der Waals surface area contributed by atoms with Gasteiger partial charge in [-0.15, -0.1) is 0 Å². The van der Waals surface area contributed by atoms with E-state index >= 15 is 0 Å². The van der Waals surface area contributed by atoms with Crippen molar-refractivity contribution >= 4 is 11.9 Å². The van der Waals surface area contributed by atoms with Crippen LogP contribution in [0.4, 0.5) is 0 Å². The van der Waals surface area contributed by atoms with Gasteiger partial charge in [-0.1, -0.05) is 41.0 Å². The first kappa shape index (κ1) is 19.9. The molecule has 124 valence electrons. The largest absolute Gasteiger partial charge is 0.481 e.